The summed E-state index contributed by atoms with van der Waals surface area (Å²) in [7, 11) is 0. The Morgan fingerprint density at radius 3 is 2.38 bits per heavy atom. The fourth-order valence-corrected chi connectivity index (χ4v) is 3.99. The first kappa shape index (κ1) is 15.0. The van der Waals surface area contributed by atoms with Crippen LogP contribution >= 0.6 is 0 Å². The lowest BCUT2D eigenvalue weighted by atomic mass is 9.86. The first-order valence-corrected chi connectivity index (χ1v) is 8.20. The lowest BCUT2D eigenvalue weighted by molar-refractivity contribution is -0.0188. The standard InChI is InChI=1S/C18H25F2N/c1-3-17-16(10-11-21(17)12-18(2,19)20)15-7-5-4-6-14(15)13-8-9-13/h4-7,13,16-17H,3,8-12H2,1-2H3/t16-,17+/m0/s1. The van der Waals surface area contributed by atoms with Crippen molar-refractivity contribution in [3.63, 3.8) is 0 Å². The van der Waals surface area contributed by atoms with E-state index >= 15 is 0 Å². The van der Waals surface area contributed by atoms with Gasteiger partial charge in [-0.25, -0.2) is 8.78 Å². The highest BCUT2D eigenvalue weighted by atomic mass is 19.3. The fourth-order valence-electron chi connectivity index (χ4n) is 3.99. The van der Waals surface area contributed by atoms with Crippen LogP contribution in [0, 0.1) is 0 Å². The summed E-state index contributed by atoms with van der Waals surface area (Å²) in [6, 6.07) is 8.96. The molecule has 0 N–H and O–H groups in total. The van der Waals surface area contributed by atoms with Gasteiger partial charge in [-0.15, -0.1) is 0 Å². The minimum atomic E-state index is -2.60. The number of rotatable bonds is 5. The second kappa shape index (κ2) is 5.68. The van der Waals surface area contributed by atoms with Crippen molar-refractivity contribution in [2.24, 2.45) is 0 Å². The summed E-state index contributed by atoms with van der Waals surface area (Å²) >= 11 is 0. The van der Waals surface area contributed by atoms with Crippen LogP contribution in [0.1, 0.15) is 62.5 Å². The van der Waals surface area contributed by atoms with Crippen LogP contribution in [0.3, 0.4) is 0 Å². The molecule has 2 fully saturated rings. The molecule has 0 amide bonds. The Morgan fingerprint density at radius 2 is 1.81 bits per heavy atom. The Balaban J connectivity index is 1.82. The molecule has 0 spiro atoms. The van der Waals surface area contributed by atoms with E-state index in [0.29, 0.717) is 5.92 Å². The number of alkyl halides is 2. The van der Waals surface area contributed by atoms with E-state index in [-0.39, 0.29) is 12.6 Å². The topological polar surface area (TPSA) is 3.24 Å². The summed E-state index contributed by atoms with van der Waals surface area (Å²) < 4.78 is 26.8. The van der Waals surface area contributed by atoms with Crippen molar-refractivity contribution >= 4 is 0 Å². The molecule has 2 atom stereocenters. The summed E-state index contributed by atoms with van der Waals surface area (Å²) in [5.41, 5.74) is 2.90. The third-order valence-corrected chi connectivity index (χ3v) is 4.97. The van der Waals surface area contributed by atoms with Gasteiger partial charge in [0.2, 0.25) is 0 Å². The monoisotopic (exact) mass is 293 g/mol. The molecule has 1 aliphatic carbocycles. The highest BCUT2D eigenvalue weighted by molar-refractivity contribution is 5.37. The molecular weight excluding hydrogens is 268 g/mol. The summed E-state index contributed by atoms with van der Waals surface area (Å²) in [6.07, 6.45) is 4.53. The van der Waals surface area contributed by atoms with Crippen LogP contribution in [0.5, 0.6) is 0 Å². The van der Waals surface area contributed by atoms with E-state index in [0.717, 1.165) is 32.2 Å². The normalized spacial score (nSPS) is 27.2. The summed E-state index contributed by atoms with van der Waals surface area (Å²) in [4.78, 5) is 2.01. The zero-order valence-corrected chi connectivity index (χ0v) is 13.0. The Kier molecular flexibility index (Phi) is 4.04. The van der Waals surface area contributed by atoms with Gasteiger partial charge in [-0.1, -0.05) is 31.2 Å². The molecular formula is C18H25F2N. The predicted molar refractivity (Wildman–Crippen MR) is 82.0 cm³/mol. The first-order chi connectivity index (χ1) is 9.99. The molecule has 1 saturated carbocycles. The highest BCUT2D eigenvalue weighted by Crippen LogP contribution is 2.46. The molecule has 1 aromatic carbocycles. The number of nitrogens with zero attached hydrogens (tertiary/aromatic N) is 1. The lowest BCUT2D eigenvalue weighted by Crippen LogP contribution is -2.39. The molecule has 1 aromatic rings. The van der Waals surface area contributed by atoms with Crippen molar-refractivity contribution in [2.75, 3.05) is 13.1 Å². The van der Waals surface area contributed by atoms with Crippen molar-refractivity contribution in [1.82, 2.24) is 4.90 Å². The van der Waals surface area contributed by atoms with Gasteiger partial charge in [-0.3, -0.25) is 4.90 Å². The maximum absolute atomic E-state index is 13.4. The average molecular weight is 293 g/mol. The average Bonchev–Trinajstić information content (AvgIpc) is 3.20. The quantitative estimate of drug-likeness (QED) is 0.754. The second-order valence-electron chi connectivity index (χ2n) is 6.81. The molecule has 3 heteroatoms. The molecule has 0 unspecified atom stereocenters. The molecule has 2 aliphatic rings. The van der Waals surface area contributed by atoms with Gasteiger partial charge in [-0.2, -0.15) is 0 Å². The van der Waals surface area contributed by atoms with Crippen LogP contribution in [-0.4, -0.2) is 30.0 Å². The van der Waals surface area contributed by atoms with Gasteiger partial charge < -0.3 is 0 Å². The second-order valence-corrected chi connectivity index (χ2v) is 6.81. The van der Waals surface area contributed by atoms with Crippen LogP contribution in [0.2, 0.25) is 0 Å². The van der Waals surface area contributed by atoms with E-state index in [2.05, 4.69) is 31.2 Å². The Bertz CT molecular complexity index is 490. The third kappa shape index (κ3) is 3.28. The Morgan fingerprint density at radius 1 is 1.14 bits per heavy atom. The van der Waals surface area contributed by atoms with Gasteiger partial charge in [0.25, 0.3) is 5.92 Å². The maximum Gasteiger partial charge on any atom is 0.257 e. The molecule has 1 nitrogen and oxygen atoms in total. The van der Waals surface area contributed by atoms with Gasteiger partial charge in [-0.05, 0) is 49.3 Å². The Labute approximate surface area is 126 Å². The molecule has 1 aliphatic heterocycles. The third-order valence-electron chi connectivity index (χ3n) is 4.97. The van der Waals surface area contributed by atoms with Crippen LogP contribution < -0.4 is 0 Å². The Hall–Kier alpha value is -0.960. The molecule has 1 heterocycles. The van der Waals surface area contributed by atoms with E-state index in [9.17, 15) is 8.78 Å². The number of likely N-dealkylation sites (tertiary alicyclic amines) is 1. The molecule has 3 rings (SSSR count). The van der Waals surface area contributed by atoms with Crippen molar-refractivity contribution in [3.8, 4) is 0 Å². The summed E-state index contributed by atoms with van der Waals surface area (Å²) in [5.74, 6) is -1.45. The van der Waals surface area contributed by atoms with E-state index in [1.165, 1.54) is 24.0 Å². The van der Waals surface area contributed by atoms with Crippen molar-refractivity contribution in [3.05, 3.63) is 35.4 Å². The largest absolute Gasteiger partial charge is 0.294 e. The fraction of sp³-hybridized carbons (Fsp3) is 0.667. The van der Waals surface area contributed by atoms with E-state index in [1.807, 2.05) is 4.90 Å². The van der Waals surface area contributed by atoms with E-state index < -0.39 is 5.92 Å². The van der Waals surface area contributed by atoms with Gasteiger partial charge >= 0.3 is 0 Å². The number of hydrogen-bond acceptors (Lipinski definition) is 1. The predicted octanol–water partition coefficient (Wildman–Crippen LogP) is 4.79. The molecule has 116 valence electrons. The molecule has 0 radical (unpaired) electrons. The van der Waals surface area contributed by atoms with Gasteiger partial charge in [0.15, 0.2) is 0 Å². The van der Waals surface area contributed by atoms with Crippen LogP contribution in [0.15, 0.2) is 24.3 Å². The van der Waals surface area contributed by atoms with Crippen LogP contribution in [0.25, 0.3) is 0 Å². The van der Waals surface area contributed by atoms with Crippen LogP contribution in [-0.2, 0) is 0 Å². The molecule has 1 saturated heterocycles. The smallest absolute Gasteiger partial charge is 0.257 e. The lowest BCUT2D eigenvalue weighted by Gasteiger charge is -2.30. The zero-order valence-electron chi connectivity index (χ0n) is 13.0. The molecule has 21 heavy (non-hydrogen) atoms. The SMILES string of the molecule is CC[C@@H]1[C@H](c2ccccc2C2CC2)CCN1CC(C)(F)F. The first-order valence-electron chi connectivity index (χ1n) is 8.20. The minimum Gasteiger partial charge on any atom is -0.294 e. The zero-order chi connectivity index (χ0) is 15.0. The molecule has 0 aromatic heterocycles. The maximum atomic E-state index is 13.4. The van der Waals surface area contributed by atoms with Gasteiger partial charge in [0.1, 0.15) is 0 Å². The van der Waals surface area contributed by atoms with E-state index in [4.69, 9.17) is 0 Å². The van der Waals surface area contributed by atoms with Gasteiger partial charge in [0.05, 0.1) is 6.54 Å². The molecule has 0 bridgehead atoms. The highest BCUT2D eigenvalue weighted by Gasteiger charge is 2.39. The van der Waals surface area contributed by atoms with E-state index in [1.54, 1.807) is 0 Å². The summed E-state index contributed by atoms with van der Waals surface area (Å²) in [5, 5.41) is 0. The van der Waals surface area contributed by atoms with Crippen molar-refractivity contribution in [2.45, 2.75) is 63.3 Å². The van der Waals surface area contributed by atoms with Crippen molar-refractivity contribution in [1.29, 1.82) is 0 Å². The van der Waals surface area contributed by atoms with Crippen molar-refractivity contribution < 1.29 is 8.78 Å². The number of hydrogen-bond donors (Lipinski definition) is 0. The van der Waals surface area contributed by atoms with Crippen LogP contribution in [0.4, 0.5) is 8.78 Å². The van der Waals surface area contributed by atoms with Gasteiger partial charge in [0, 0.05) is 18.9 Å². The minimum absolute atomic E-state index is 0.104. The summed E-state index contributed by atoms with van der Waals surface area (Å²) in [6.45, 7) is 3.86. The number of benzene rings is 1. The number of halogens is 2.